The molecule has 0 aromatic carbocycles. The maximum absolute atomic E-state index is 5.92. The summed E-state index contributed by atoms with van der Waals surface area (Å²) in [5.74, 6) is 2.54. The highest BCUT2D eigenvalue weighted by Gasteiger charge is 2.25. The molecule has 0 unspecified atom stereocenters. The van der Waals surface area contributed by atoms with Gasteiger partial charge in [-0.1, -0.05) is 11.2 Å². The van der Waals surface area contributed by atoms with Gasteiger partial charge < -0.3 is 14.0 Å². The molecule has 9 heteroatoms. The van der Waals surface area contributed by atoms with Crippen molar-refractivity contribution < 1.29 is 14.0 Å². The van der Waals surface area contributed by atoms with Crippen molar-refractivity contribution in [3.05, 3.63) is 47.5 Å². The van der Waals surface area contributed by atoms with E-state index in [4.69, 9.17) is 14.0 Å². The maximum atomic E-state index is 5.92. The Morgan fingerprint density at radius 1 is 1.21 bits per heavy atom. The van der Waals surface area contributed by atoms with Crippen LogP contribution >= 0.6 is 0 Å². The third-order valence-electron chi connectivity index (χ3n) is 4.58. The lowest BCUT2D eigenvalue weighted by atomic mass is 10.2. The van der Waals surface area contributed by atoms with Gasteiger partial charge in [-0.05, 0) is 31.9 Å². The second kappa shape index (κ2) is 6.59. The van der Waals surface area contributed by atoms with Gasteiger partial charge in [-0.25, -0.2) is 0 Å². The molecule has 0 saturated heterocycles. The first-order valence-electron chi connectivity index (χ1n) is 9.04. The van der Waals surface area contributed by atoms with Crippen molar-refractivity contribution in [1.29, 1.82) is 0 Å². The Morgan fingerprint density at radius 3 is 2.86 bits per heavy atom. The molecule has 0 atom stereocenters. The van der Waals surface area contributed by atoms with Crippen molar-refractivity contribution in [3.63, 3.8) is 0 Å². The minimum absolute atomic E-state index is 0.288. The molecular formula is C19H18N6O3. The summed E-state index contributed by atoms with van der Waals surface area (Å²) < 4.78 is 18.0. The molecule has 1 fully saturated rings. The van der Waals surface area contributed by atoms with E-state index in [1.807, 2.05) is 19.1 Å². The minimum Gasteiger partial charge on any atom is -0.491 e. The zero-order valence-electron chi connectivity index (χ0n) is 15.5. The normalized spacial score (nSPS) is 13.8. The zero-order chi connectivity index (χ0) is 19.1. The Bertz CT molecular complexity index is 1150. The molecule has 0 bridgehead atoms. The Labute approximate surface area is 160 Å². The summed E-state index contributed by atoms with van der Waals surface area (Å²) in [5.41, 5.74) is 3.05. The third kappa shape index (κ3) is 3.04. The van der Waals surface area contributed by atoms with Crippen molar-refractivity contribution in [3.8, 4) is 23.1 Å². The van der Waals surface area contributed by atoms with E-state index >= 15 is 0 Å². The Morgan fingerprint density at radius 2 is 2.11 bits per heavy atom. The smallest absolute Gasteiger partial charge is 0.275 e. The van der Waals surface area contributed by atoms with Crippen LogP contribution in [0.1, 0.15) is 35.9 Å². The quantitative estimate of drug-likeness (QED) is 0.505. The Balaban J connectivity index is 1.46. The van der Waals surface area contributed by atoms with Gasteiger partial charge in [-0.2, -0.15) is 4.52 Å². The van der Waals surface area contributed by atoms with Gasteiger partial charge in [0.05, 0.1) is 12.8 Å². The number of aromatic nitrogens is 6. The first-order chi connectivity index (χ1) is 13.7. The monoisotopic (exact) mass is 378 g/mol. The Kier molecular flexibility index (Phi) is 3.92. The first-order valence-corrected chi connectivity index (χ1v) is 9.04. The first kappa shape index (κ1) is 16.7. The molecule has 9 nitrogen and oxygen atoms in total. The molecule has 4 heterocycles. The van der Waals surface area contributed by atoms with Gasteiger partial charge >= 0.3 is 0 Å². The van der Waals surface area contributed by atoms with Crippen LogP contribution in [0.15, 0.2) is 34.9 Å². The van der Waals surface area contributed by atoms with Gasteiger partial charge in [-0.15, -0.1) is 15.3 Å². The lowest BCUT2D eigenvalue weighted by molar-refractivity contribution is 0.264. The predicted molar refractivity (Wildman–Crippen MR) is 98.1 cm³/mol. The van der Waals surface area contributed by atoms with Gasteiger partial charge in [0, 0.05) is 23.7 Å². The second-order valence-electron chi connectivity index (χ2n) is 6.75. The SMILES string of the molecule is COc1cc2nnc(-c3cc(C)on3)n2nc1OCc1cccc(C2CC2)n1. The van der Waals surface area contributed by atoms with Crippen molar-refractivity contribution in [2.24, 2.45) is 0 Å². The van der Waals surface area contributed by atoms with Crippen molar-refractivity contribution in [2.75, 3.05) is 7.11 Å². The Hall–Kier alpha value is -3.49. The van der Waals surface area contributed by atoms with Crippen LogP contribution in [0.25, 0.3) is 17.2 Å². The van der Waals surface area contributed by atoms with Gasteiger partial charge in [0.25, 0.3) is 5.88 Å². The summed E-state index contributed by atoms with van der Waals surface area (Å²) in [5, 5.41) is 16.8. The fourth-order valence-corrected chi connectivity index (χ4v) is 3.00. The fourth-order valence-electron chi connectivity index (χ4n) is 3.00. The lowest BCUT2D eigenvalue weighted by Crippen LogP contribution is -2.06. The van der Waals surface area contributed by atoms with Crippen LogP contribution in [-0.2, 0) is 6.61 Å². The van der Waals surface area contributed by atoms with E-state index in [1.165, 1.54) is 12.8 Å². The minimum atomic E-state index is 0.288. The van der Waals surface area contributed by atoms with Crippen molar-refractivity contribution >= 4 is 5.65 Å². The molecule has 0 radical (unpaired) electrons. The van der Waals surface area contributed by atoms with Gasteiger partial charge in [-0.3, -0.25) is 4.98 Å². The molecule has 1 saturated carbocycles. The van der Waals surface area contributed by atoms with Gasteiger partial charge in [0.1, 0.15) is 12.4 Å². The summed E-state index contributed by atoms with van der Waals surface area (Å²) in [6.45, 7) is 2.10. The standard InChI is InChI=1S/C19H18N6O3/c1-11-8-15(24-28-11)18-22-21-17-9-16(26-2)19(23-25(17)18)27-10-13-4-3-5-14(20-13)12-6-7-12/h3-5,8-9,12H,6-7,10H2,1-2H3. The van der Waals surface area contributed by atoms with Gasteiger partial charge in [0.2, 0.25) is 5.82 Å². The molecule has 5 rings (SSSR count). The van der Waals surface area contributed by atoms with Gasteiger partial charge in [0.15, 0.2) is 17.1 Å². The van der Waals surface area contributed by atoms with Crippen LogP contribution in [0.4, 0.5) is 0 Å². The number of ether oxygens (including phenoxy) is 2. The summed E-state index contributed by atoms with van der Waals surface area (Å²) in [7, 11) is 1.56. The van der Waals surface area contributed by atoms with Crippen LogP contribution < -0.4 is 9.47 Å². The van der Waals surface area contributed by atoms with Crippen LogP contribution in [0.5, 0.6) is 11.6 Å². The number of fused-ring (bicyclic) bond motifs is 1. The molecule has 4 aromatic rings. The van der Waals surface area contributed by atoms with E-state index in [-0.39, 0.29) is 6.61 Å². The molecular weight excluding hydrogens is 360 g/mol. The topological polar surface area (TPSA) is 100 Å². The third-order valence-corrected chi connectivity index (χ3v) is 4.58. The molecule has 0 spiro atoms. The summed E-state index contributed by atoms with van der Waals surface area (Å²) >= 11 is 0. The summed E-state index contributed by atoms with van der Waals surface area (Å²) in [6, 6.07) is 9.52. The van der Waals surface area contributed by atoms with E-state index < -0.39 is 0 Å². The number of aryl methyl sites for hydroxylation is 1. The summed E-state index contributed by atoms with van der Waals surface area (Å²) in [4.78, 5) is 4.68. The molecule has 1 aliphatic rings. The predicted octanol–water partition coefficient (Wildman–Crippen LogP) is 2.95. The number of rotatable bonds is 6. The van der Waals surface area contributed by atoms with E-state index in [0.29, 0.717) is 40.5 Å². The average molecular weight is 378 g/mol. The van der Waals surface area contributed by atoms with E-state index in [0.717, 1.165) is 11.4 Å². The number of methoxy groups -OCH3 is 1. The average Bonchev–Trinajstić information content (AvgIpc) is 3.36. The highest BCUT2D eigenvalue weighted by atomic mass is 16.5. The van der Waals surface area contributed by atoms with Crippen LogP contribution in [0, 0.1) is 6.92 Å². The second-order valence-corrected chi connectivity index (χ2v) is 6.75. The number of hydrogen-bond donors (Lipinski definition) is 0. The van der Waals surface area contributed by atoms with Crippen LogP contribution in [-0.4, -0.2) is 37.1 Å². The molecule has 1 aliphatic carbocycles. The lowest BCUT2D eigenvalue weighted by Gasteiger charge is -2.10. The van der Waals surface area contributed by atoms with Crippen LogP contribution in [0.3, 0.4) is 0 Å². The fraction of sp³-hybridized carbons (Fsp3) is 0.316. The van der Waals surface area contributed by atoms with E-state index in [2.05, 4.69) is 31.5 Å². The molecule has 0 amide bonds. The van der Waals surface area contributed by atoms with Crippen molar-refractivity contribution in [2.45, 2.75) is 32.3 Å². The summed E-state index contributed by atoms with van der Waals surface area (Å²) in [6.07, 6.45) is 2.42. The number of hydrogen-bond acceptors (Lipinski definition) is 8. The molecule has 4 aromatic heterocycles. The van der Waals surface area contributed by atoms with Crippen molar-refractivity contribution in [1.82, 2.24) is 30.0 Å². The number of pyridine rings is 1. The van der Waals surface area contributed by atoms with E-state index in [1.54, 1.807) is 23.8 Å². The molecule has 0 aliphatic heterocycles. The number of nitrogens with zero attached hydrogens (tertiary/aromatic N) is 6. The van der Waals surface area contributed by atoms with Crippen LogP contribution in [0.2, 0.25) is 0 Å². The highest BCUT2D eigenvalue weighted by Crippen LogP contribution is 2.39. The molecule has 28 heavy (non-hydrogen) atoms. The molecule has 142 valence electrons. The highest BCUT2D eigenvalue weighted by molar-refractivity contribution is 5.56. The zero-order valence-corrected chi connectivity index (χ0v) is 15.5. The largest absolute Gasteiger partial charge is 0.491 e. The van der Waals surface area contributed by atoms with E-state index in [9.17, 15) is 0 Å². The maximum Gasteiger partial charge on any atom is 0.275 e. The molecule has 0 N–H and O–H groups in total.